The molecule has 7 nitrogen and oxygen atoms in total. The molecule has 7 heteroatoms. The Labute approximate surface area is 171 Å². The number of nitro groups is 1. The zero-order valence-electron chi connectivity index (χ0n) is 17.4. The molecule has 1 fully saturated rings. The molecule has 1 aromatic rings. The van der Waals surface area contributed by atoms with E-state index in [1.54, 1.807) is 45.0 Å². The molecular weight excluding hydrogens is 374 g/mol. The molecule has 1 aliphatic rings. The number of esters is 1. The lowest BCUT2D eigenvalue weighted by Gasteiger charge is -2.46. The molecule has 0 radical (unpaired) electrons. The predicted molar refractivity (Wildman–Crippen MR) is 109 cm³/mol. The summed E-state index contributed by atoms with van der Waals surface area (Å²) in [4.78, 5) is 23.5. The van der Waals surface area contributed by atoms with Crippen molar-refractivity contribution >= 4 is 5.97 Å². The molecular formula is C22H31NO6. The number of rotatable bonds is 7. The topological polar surface area (TPSA) is 110 Å². The third kappa shape index (κ3) is 5.42. The summed E-state index contributed by atoms with van der Waals surface area (Å²) in [5.74, 6) is -2.60. The van der Waals surface area contributed by atoms with Crippen LogP contribution in [-0.2, 0) is 9.53 Å². The van der Waals surface area contributed by atoms with Crippen molar-refractivity contribution in [3.8, 4) is 0 Å². The van der Waals surface area contributed by atoms with Crippen molar-refractivity contribution in [2.75, 3.05) is 6.61 Å². The van der Waals surface area contributed by atoms with Crippen LogP contribution in [-0.4, -0.2) is 39.4 Å². The first-order valence-corrected chi connectivity index (χ1v) is 10.1. The molecule has 5 atom stereocenters. The summed E-state index contributed by atoms with van der Waals surface area (Å²) in [5, 5.41) is 33.7. The number of ether oxygens (including phenoxy) is 1. The largest absolute Gasteiger partial charge is 0.463 e. The van der Waals surface area contributed by atoms with E-state index in [1.165, 1.54) is 0 Å². The monoisotopic (exact) mass is 405 g/mol. The van der Waals surface area contributed by atoms with E-state index in [0.29, 0.717) is 18.4 Å². The van der Waals surface area contributed by atoms with Crippen LogP contribution in [0.5, 0.6) is 0 Å². The first-order valence-electron chi connectivity index (χ1n) is 10.1. The predicted octanol–water partition coefficient (Wildman–Crippen LogP) is 3.29. The fourth-order valence-corrected chi connectivity index (χ4v) is 4.52. The summed E-state index contributed by atoms with van der Waals surface area (Å²) in [6.45, 7) is 6.99. The molecule has 0 heterocycles. The zero-order chi connectivity index (χ0) is 21.8. The number of hydrogen-bond donors (Lipinski definition) is 2. The molecule has 1 saturated carbocycles. The second-order valence-electron chi connectivity index (χ2n) is 8.35. The summed E-state index contributed by atoms with van der Waals surface area (Å²) < 4.78 is 4.90. The van der Waals surface area contributed by atoms with Gasteiger partial charge in [0.1, 0.15) is 0 Å². The van der Waals surface area contributed by atoms with Gasteiger partial charge >= 0.3 is 5.97 Å². The van der Waals surface area contributed by atoms with Gasteiger partial charge in [0.15, 0.2) is 0 Å². The third-order valence-electron chi connectivity index (χ3n) is 5.93. The van der Waals surface area contributed by atoms with E-state index in [4.69, 9.17) is 4.74 Å². The van der Waals surface area contributed by atoms with Gasteiger partial charge in [0.2, 0.25) is 0 Å². The number of aliphatic hydroxyl groups is 2. The maximum atomic E-state index is 12.1. The number of carbonyl (C=O) groups is 1. The Morgan fingerprint density at radius 2 is 1.97 bits per heavy atom. The lowest BCUT2D eigenvalue weighted by molar-refractivity contribution is -0.432. The molecule has 2 N–H and O–H groups in total. The molecule has 160 valence electrons. The van der Waals surface area contributed by atoms with Crippen LogP contribution in [0.25, 0.3) is 0 Å². The van der Waals surface area contributed by atoms with Gasteiger partial charge in [-0.05, 0) is 45.1 Å². The smallest absolute Gasteiger partial charge is 0.337 e. The molecule has 0 bridgehead atoms. The average molecular weight is 405 g/mol. The van der Waals surface area contributed by atoms with Crippen molar-refractivity contribution in [2.24, 2.45) is 17.8 Å². The standard InChI is InChI=1S/C22H31NO6/c1-5-29-18(24)13-17(23(27)28)20(15-9-7-6-8-10-15)19-14(2)11-12-16(21(19)25)22(3,4)26/h6-10,13-14,16,19-21,25-26H,5,11-12H2,1-4H3/b17-13-/t14-,16+,19+,20-,21+/m0/s1. The van der Waals surface area contributed by atoms with E-state index < -0.39 is 40.4 Å². The van der Waals surface area contributed by atoms with Gasteiger partial charge in [-0.1, -0.05) is 37.3 Å². The SMILES string of the molecule is CCOC(=O)/C=C(/[C@H](c1ccccc1)[C@@H]1[C@H](O)[C@H](C(C)(C)O)CC[C@@H]1C)[N+](=O)[O-]. The Kier molecular flexibility index (Phi) is 7.54. The second kappa shape index (κ2) is 9.50. The highest BCUT2D eigenvalue weighted by Gasteiger charge is 2.49. The molecule has 1 aromatic carbocycles. The lowest BCUT2D eigenvalue weighted by Crippen LogP contribution is -2.50. The molecule has 1 aliphatic carbocycles. The number of allylic oxidation sites excluding steroid dienone is 1. The van der Waals surface area contributed by atoms with Crippen molar-refractivity contribution in [2.45, 2.75) is 58.2 Å². The summed E-state index contributed by atoms with van der Waals surface area (Å²) in [5.41, 5.74) is -0.785. The van der Waals surface area contributed by atoms with Gasteiger partial charge in [-0.3, -0.25) is 10.1 Å². The minimum atomic E-state index is -1.13. The Bertz CT molecular complexity index is 739. The maximum Gasteiger partial charge on any atom is 0.337 e. The lowest BCUT2D eigenvalue weighted by atomic mass is 9.62. The molecule has 0 aromatic heterocycles. The van der Waals surface area contributed by atoms with Crippen LogP contribution in [0.2, 0.25) is 0 Å². The summed E-state index contributed by atoms with van der Waals surface area (Å²) in [7, 11) is 0. The van der Waals surface area contributed by atoms with Crippen LogP contribution in [0, 0.1) is 27.9 Å². The van der Waals surface area contributed by atoms with Crippen molar-refractivity contribution < 1.29 is 24.7 Å². The Morgan fingerprint density at radius 3 is 2.48 bits per heavy atom. The van der Waals surface area contributed by atoms with Crippen molar-refractivity contribution in [1.82, 2.24) is 0 Å². The van der Waals surface area contributed by atoms with E-state index in [2.05, 4.69) is 0 Å². The Hall–Kier alpha value is -2.25. The minimum absolute atomic E-state index is 0.0423. The third-order valence-corrected chi connectivity index (χ3v) is 5.93. The summed E-state index contributed by atoms with van der Waals surface area (Å²) in [6, 6.07) is 8.89. The second-order valence-corrected chi connectivity index (χ2v) is 8.35. The quantitative estimate of drug-likeness (QED) is 0.312. The molecule has 0 amide bonds. The van der Waals surface area contributed by atoms with Crippen LogP contribution in [0.3, 0.4) is 0 Å². The van der Waals surface area contributed by atoms with Gasteiger partial charge in [0.05, 0.1) is 35.2 Å². The van der Waals surface area contributed by atoms with Crippen LogP contribution in [0.15, 0.2) is 42.1 Å². The van der Waals surface area contributed by atoms with Crippen LogP contribution >= 0.6 is 0 Å². The van der Waals surface area contributed by atoms with Gasteiger partial charge < -0.3 is 14.9 Å². The van der Waals surface area contributed by atoms with Crippen molar-refractivity contribution in [3.05, 3.63) is 57.8 Å². The molecule has 0 saturated heterocycles. The normalized spacial score (nSPS) is 26.6. The number of carbonyl (C=O) groups excluding carboxylic acids is 1. The fraction of sp³-hybridized carbons (Fsp3) is 0.591. The molecule has 0 aliphatic heterocycles. The fourth-order valence-electron chi connectivity index (χ4n) is 4.52. The van der Waals surface area contributed by atoms with Crippen molar-refractivity contribution in [1.29, 1.82) is 0 Å². The van der Waals surface area contributed by atoms with Gasteiger partial charge in [0.25, 0.3) is 5.70 Å². The Balaban J connectivity index is 2.60. The number of hydrogen-bond acceptors (Lipinski definition) is 6. The van der Waals surface area contributed by atoms with E-state index in [1.807, 2.05) is 13.0 Å². The zero-order valence-corrected chi connectivity index (χ0v) is 17.4. The number of nitrogens with zero attached hydrogens (tertiary/aromatic N) is 1. The summed E-state index contributed by atoms with van der Waals surface area (Å²) in [6.07, 6.45) is 1.30. The Morgan fingerprint density at radius 1 is 1.34 bits per heavy atom. The summed E-state index contributed by atoms with van der Waals surface area (Å²) >= 11 is 0. The molecule has 0 spiro atoms. The van der Waals surface area contributed by atoms with Gasteiger partial charge in [0, 0.05) is 11.8 Å². The van der Waals surface area contributed by atoms with E-state index in [0.717, 1.165) is 6.08 Å². The molecule has 2 rings (SSSR count). The van der Waals surface area contributed by atoms with Crippen LogP contribution < -0.4 is 0 Å². The van der Waals surface area contributed by atoms with Crippen molar-refractivity contribution in [3.63, 3.8) is 0 Å². The van der Waals surface area contributed by atoms with E-state index in [-0.39, 0.29) is 18.2 Å². The van der Waals surface area contributed by atoms with E-state index >= 15 is 0 Å². The number of benzene rings is 1. The first-order chi connectivity index (χ1) is 13.6. The number of aliphatic hydroxyl groups excluding tert-OH is 1. The highest BCUT2D eigenvalue weighted by Crippen LogP contribution is 2.48. The minimum Gasteiger partial charge on any atom is -0.463 e. The first kappa shape index (κ1) is 23.0. The van der Waals surface area contributed by atoms with Crippen LogP contribution in [0.1, 0.15) is 52.0 Å². The van der Waals surface area contributed by atoms with E-state index in [9.17, 15) is 25.1 Å². The average Bonchev–Trinajstić information content (AvgIpc) is 2.63. The van der Waals surface area contributed by atoms with Gasteiger partial charge in [-0.25, -0.2) is 4.79 Å². The van der Waals surface area contributed by atoms with Crippen LogP contribution in [0.4, 0.5) is 0 Å². The highest BCUT2D eigenvalue weighted by atomic mass is 16.6. The molecule has 29 heavy (non-hydrogen) atoms. The van der Waals surface area contributed by atoms with Gasteiger partial charge in [-0.15, -0.1) is 0 Å². The highest BCUT2D eigenvalue weighted by molar-refractivity contribution is 5.82. The maximum absolute atomic E-state index is 12.1. The van der Waals surface area contributed by atoms with Gasteiger partial charge in [-0.2, -0.15) is 0 Å². The molecule has 0 unspecified atom stereocenters.